The first-order valence-corrected chi connectivity index (χ1v) is 11.6. The quantitative estimate of drug-likeness (QED) is 0.301. The van der Waals surface area contributed by atoms with E-state index >= 15 is 0 Å². The predicted molar refractivity (Wildman–Crippen MR) is 126 cm³/mol. The van der Waals surface area contributed by atoms with Gasteiger partial charge in [0.25, 0.3) is 0 Å². The number of hydrogen-bond donors (Lipinski definition) is 0. The molecule has 4 aromatic rings. The third-order valence-electron chi connectivity index (χ3n) is 4.86. The number of thioether (sulfide) groups is 1. The highest BCUT2D eigenvalue weighted by atomic mass is 35.5. The molecular weight excluding hydrogens is 428 g/mol. The van der Waals surface area contributed by atoms with E-state index in [-0.39, 0.29) is 0 Å². The molecule has 0 aliphatic heterocycles. The predicted octanol–water partition coefficient (Wildman–Crippen LogP) is 5.81. The molecule has 0 saturated heterocycles. The van der Waals surface area contributed by atoms with Gasteiger partial charge in [-0.05, 0) is 42.8 Å². The van der Waals surface area contributed by atoms with Gasteiger partial charge in [0.2, 0.25) is 0 Å². The second-order valence-corrected chi connectivity index (χ2v) is 8.64. The zero-order valence-corrected chi connectivity index (χ0v) is 18.8. The van der Waals surface area contributed by atoms with Gasteiger partial charge in [-0.3, -0.25) is 9.67 Å². The van der Waals surface area contributed by atoms with Gasteiger partial charge in [-0.1, -0.05) is 47.1 Å². The molecule has 0 bridgehead atoms. The van der Waals surface area contributed by atoms with Gasteiger partial charge >= 0.3 is 0 Å². The molecule has 0 atom stereocenters. The van der Waals surface area contributed by atoms with E-state index in [4.69, 9.17) is 21.3 Å². The number of hydrogen-bond acceptors (Lipinski definition) is 5. The Balaban J connectivity index is 1.27. The van der Waals surface area contributed by atoms with Crippen molar-refractivity contribution in [3.63, 3.8) is 0 Å². The van der Waals surface area contributed by atoms with E-state index in [9.17, 15) is 0 Å². The number of benzene rings is 2. The molecule has 2 heterocycles. The van der Waals surface area contributed by atoms with E-state index in [1.54, 1.807) is 6.20 Å². The minimum Gasteiger partial charge on any atom is -0.489 e. The summed E-state index contributed by atoms with van der Waals surface area (Å²) < 4.78 is 7.83. The summed E-state index contributed by atoms with van der Waals surface area (Å²) >= 11 is 7.85. The summed E-state index contributed by atoms with van der Waals surface area (Å²) in [5.74, 6) is 2.82. The highest BCUT2D eigenvalue weighted by Crippen LogP contribution is 2.22. The summed E-state index contributed by atoms with van der Waals surface area (Å²) in [5, 5.41) is 8.51. The van der Waals surface area contributed by atoms with Crippen LogP contribution in [0.15, 0.2) is 73.1 Å². The van der Waals surface area contributed by atoms with Crippen LogP contribution in [0.1, 0.15) is 16.8 Å². The van der Waals surface area contributed by atoms with Crippen LogP contribution in [-0.2, 0) is 18.9 Å². The lowest BCUT2D eigenvalue weighted by Gasteiger charge is -2.11. The maximum Gasteiger partial charge on any atom is 0.119 e. The van der Waals surface area contributed by atoms with Crippen LogP contribution in [0.25, 0.3) is 11.3 Å². The van der Waals surface area contributed by atoms with Crippen LogP contribution >= 0.6 is 23.4 Å². The first-order chi connectivity index (χ1) is 15.2. The zero-order valence-electron chi connectivity index (χ0n) is 17.2. The fourth-order valence-corrected chi connectivity index (χ4v) is 4.08. The third kappa shape index (κ3) is 6.09. The smallest absolute Gasteiger partial charge is 0.119 e. The summed E-state index contributed by atoms with van der Waals surface area (Å²) in [5.41, 5.74) is 5.30. The molecular formula is C24H23ClN4OS. The van der Waals surface area contributed by atoms with Crippen molar-refractivity contribution >= 4 is 23.4 Å². The first kappa shape index (κ1) is 21.4. The van der Waals surface area contributed by atoms with E-state index in [2.05, 4.69) is 28.5 Å². The highest BCUT2D eigenvalue weighted by molar-refractivity contribution is 7.98. The van der Waals surface area contributed by atoms with Gasteiger partial charge in [0, 0.05) is 39.5 Å². The van der Waals surface area contributed by atoms with Crippen molar-refractivity contribution in [1.29, 1.82) is 0 Å². The van der Waals surface area contributed by atoms with E-state index in [0.717, 1.165) is 51.3 Å². The lowest BCUT2D eigenvalue weighted by atomic mass is 10.1. The maximum atomic E-state index is 5.98. The van der Waals surface area contributed by atoms with Crippen molar-refractivity contribution in [3.8, 4) is 17.0 Å². The van der Waals surface area contributed by atoms with E-state index in [0.29, 0.717) is 6.61 Å². The molecule has 7 heteroatoms. The van der Waals surface area contributed by atoms with Gasteiger partial charge in [-0.25, -0.2) is 0 Å². The van der Waals surface area contributed by atoms with E-state index in [1.165, 1.54) is 5.56 Å². The van der Waals surface area contributed by atoms with E-state index in [1.807, 2.05) is 72.0 Å². The van der Waals surface area contributed by atoms with Crippen LogP contribution in [0.5, 0.6) is 5.75 Å². The minimum absolute atomic E-state index is 0.492. The van der Waals surface area contributed by atoms with Crippen LogP contribution in [-0.4, -0.2) is 25.7 Å². The fraction of sp³-hybridized carbons (Fsp3) is 0.208. The second-order valence-electron chi connectivity index (χ2n) is 7.10. The zero-order chi connectivity index (χ0) is 21.5. The summed E-state index contributed by atoms with van der Waals surface area (Å²) in [6.07, 6.45) is 3.59. The molecule has 2 aromatic carbocycles. The number of ether oxygens (including phenoxy) is 1. The van der Waals surface area contributed by atoms with Gasteiger partial charge in [0.1, 0.15) is 12.4 Å². The Hall–Kier alpha value is -2.83. The van der Waals surface area contributed by atoms with Crippen molar-refractivity contribution in [1.82, 2.24) is 20.0 Å². The molecule has 4 rings (SSSR count). The lowest BCUT2D eigenvalue weighted by Crippen LogP contribution is -2.01. The Morgan fingerprint density at radius 3 is 2.52 bits per heavy atom. The van der Waals surface area contributed by atoms with E-state index < -0.39 is 0 Å². The van der Waals surface area contributed by atoms with Crippen LogP contribution < -0.4 is 4.74 Å². The van der Waals surface area contributed by atoms with Gasteiger partial charge in [-0.2, -0.15) is 11.8 Å². The molecule has 158 valence electrons. The first-order valence-electron chi connectivity index (χ1n) is 10.0. The van der Waals surface area contributed by atoms with Crippen LogP contribution in [0.4, 0.5) is 0 Å². The Morgan fingerprint density at radius 2 is 1.81 bits per heavy atom. The van der Waals surface area contributed by atoms with Gasteiger partial charge in [0.05, 0.1) is 18.4 Å². The molecule has 0 radical (unpaired) electrons. The highest BCUT2D eigenvalue weighted by Gasteiger charge is 2.06. The number of pyridine rings is 1. The average Bonchev–Trinajstić information content (AvgIpc) is 3.31. The molecule has 31 heavy (non-hydrogen) atoms. The number of nitrogens with zero attached hydrogens (tertiary/aromatic N) is 4. The van der Waals surface area contributed by atoms with Gasteiger partial charge in [-0.15, -0.1) is 5.10 Å². The molecule has 0 aliphatic rings. The Morgan fingerprint density at radius 1 is 1.00 bits per heavy atom. The Labute approximate surface area is 191 Å². The van der Waals surface area contributed by atoms with Crippen LogP contribution in [0.2, 0.25) is 5.02 Å². The maximum absolute atomic E-state index is 5.98. The standard InChI is InChI=1S/C24H23ClN4OS/c1-18-21(6-11-24(27-18)20-4-7-22(25)8-5-20)16-30-23-9-2-19(3-10-23)17-31-15-14-29-13-12-26-28-29/h2-13H,14-17H2,1H3. The third-order valence-corrected chi connectivity index (χ3v) is 6.12. The summed E-state index contributed by atoms with van der Waals surface area (Å²) in [7, 11) is 0. The topological polar surface area (TPSA) is 52.8 Å². The number of aryl methyl sites for hydroxylation is 2. The molecule has 2 aromatic heterocycles. The molecule has 0 unspecified atom stereocenters. The molecule has 0 N–H and O–H groups in total. The minimum atomic E-state index is 0.492. The average molecular weight is 451 g/mol. The molecule has 0 aliphatic carbocycles. The largest absolute Gasteiger partial charge is 0.489 e. The number of rotatable bonds is 9. The van der Waals surface area contributed by atoms with Crippen molar-refractivity contribution in [3.05, 3.63) is 94.9 Å². The van der Waals surface area contributed by atoms with Gasteiger partial charge in [0.15, 0.2) is 0 Å². The van der Waals surface area contributed by atoms with Crippen molar-refractivity contribution in [2.45, 2.75) is 25.8 Å². The monoisotopic (exact) mass is 450 g/mol. The summed E-state index contributed by atoms with van der Waals surface area (Å²) in [6.45, 7) is 3.37. The summed E-state index contributed by atoms with van der Waals surface area (Å²) in [4.78, 5) is 4.72. The molecule has 0 fully saturated rings. The van der Waals surface area contributed by atoms with Crippen molar-refractivity contribution < 1.29 is 4.74 Å². The number of aromatic nitrogens is 4. The lowest BCUT2D eigenvalue weighted by molar-refractivity contribution is 0.305. The Bertz CT molecular complexity index is 1100. The van der Waals surface area contributed by atoms with Crippen LogP contribution in [0.3, 0.4) is 0 Å². The second kappa shape index (κ2) is 10.5. The van der Waals surface area contributed by atoms with Gasteiger partial charge < -0.3 is 4.74 Å². The molecule has 0 amide bonds. The number of halogens is 1. The van der Waals surface area contributed by atoms with Crippen molar-refractivity contribution in [2.24, 2.45) is 0 Å². The fourth-order valence-electron chi connectivity index (χ4n) is 3.07. The van der Waals surface area contributed by atoms with Crippen LogP contribution in [0, 0.1) is 6.92 Å². The molecule has 0 saturated carbocycles. The van der Waals surface area contributed by atoms with Crippen molar-refractivity contribution in [2.75, 3.05) is 5.75 Å². The molecule has 5 nitrogen and oxygen atoms in total. The normalized spacial score (nSPS) is 10.9. The molecule has 0 spiro atoms. The SMILES string of the molecule is Cc1nc(-c2ccc(Cl)cc2)ccc1COc1ccc(CSCCn2ccnn2)cc1. The summed E-state index contributed by atoms with van der Waals surface area (Å²) in [6, 6.07) is 20.1. The Kier molecular flexibility index (Phi) is 7.22.